The van der Waals surface area contributed by atoms with Crippen LogP contribution in [0.3, 0.4) is 0 Å². The average Bonchev–Trinajstić information content (AvgIpc) is 2.71. The van der Waals surface area contributed by atoms with Crippen molar-refractivity contribution in [1.82, 2.24) is 9.88 Å². The van der Waals surface area contributed by atoms with Crippen LogP contribution in [0.1, 0.15) is 71.3 Å². The first-order valence-corrected chi connectivity index (χ1v) is 9.40. The molecular weight excluding hydrogens is 348 g/mol. The maximum Gasteiger partial charge on any atom is 1.00 e. The van der Waals surface area contributed by atoms with Gasteiger partial charge in [-0.25, -0.2) is 0 Å². The average molecular weight is 385 g/mol. The maximum atomic E-state index is 11.4. The first kappa shape index (κ1) is 33.8. The van der Waals surface area contributed by atoms with Crippen LogP contribution in [0, 0.1) is 12.1 Å². The van der Waals surface area contributed by atoms with Crippen molar-refractivity contribution in [3.8, 4) is 0 Å². The van der Waals surface area contributed by atoms with E-state index in [0.717, 1.165) is 19.0 Å². The van der Waals surface area contributed by atoms with Crippen LogP contribution in [0.2, 0.25) is 0 Å². The van der Waals surface area contributed by atoms with Crippen LogP contribution in [0.25, 0.3) is 5.32 Å². The van der Waals surface area contributed by atoms with E-state index in [4.69, 9.17) is 0 Å². The van der Waals surface area contributed by atoms with Crippen LogP contribution in [0.5, 0.6) is 0 Å². The third-order valence-corrected chi connectivity index (χ3v) is 3.62. The minimum absolute atomic E-state index is 0. The van der Waals surface area contributed by atoms with E-state index < -0.39 is 0 Å². The molecule has 144 valence electrons. The number of amides is 1. The second kappa shape index (κ2) is 25.3. The predicted molar refractivity (Wildman–Crippen MR) is 110 cm³/mol. The molecule has 0 aliphatic carbocycles. The molecule has 4 radical (unpaired) electrons. The van der Waals surface area contributed by atoms with Gasteiger partial charge in [-0.2, -0.15) is 12.1 Å². The summed E-state index contributed by atoms with van der Waals surface area (Å²) in [6.45, 7) is 15.1. The summed E-state index contributed by atoms with van der Waals surface area (Å²) < 4.78 is 0. The molecule has 0 N–H and O–H groups in total. The molecule has 1 aliphatic rings. The summed E-state index contributed by atoms with van der Waals surface area (Å²) in [4.78, 5) is 16.9. The fourth-order valence-electron chi connectivity index (χ4n) is 2.00. The number of pyridine rings is 1. The van der Waals surface area contributed by atoms with Crippen molar-refractivity contribution in [2.45, 2.75) is 60.8 Å². The minimum atomic E-state index is -0.0608. The van der Waals surface area contributed by atoms with Gasteiger partial charge in [-0.1, -0.05) is 60.1 Å². The zero-order valence-corrected chi connectivity index (χ0v) is 21.5. The van der Waals surface area contributed by atoms with Crippen molar-refractivity contribution >= 4 is 14.3 Å². The summed E-state index contributed by atoms with van der Waals surface area (Å²) in [7, 11) is 1.75. The molecular formula is C20H37BKN3O-2. The Hall–Kier alpha value is 0.281. The zero-order chi connectivity index (χ0) is 18.8. The fraction of sp³-hybridized carbons (Fsp3) is 0.700. The van der Waals surface area contributed by atoms with Gasteiger partial charge in [0.05, 0.1) is 0 Å². The summed E-state index contributed by atoms with van der Waals surface area (Å²) in [6.07, 6.45) is 6.67. The van der Waals surface area contributed by atoms with E-state index in [1.165, 1.54) is 19.3 Å². The molecule has 1 aliphatic heterocycles. The van der Waals surface area contributed by atoms with Crippen LogP contribution < -0.4 is 51.4 Å². The SMILES string of the molecule is CC.CC.CCC1CC[N-]CC1.CCN(C)C(=O)c1ccc[c-]n1.[B-].[K+]. The molecule has 0 saturated carbocycles. The molecule has 0 spiro atoms. The molecule has 0 atom stereocenters. The summed E-state index contributed by atoms with van der Waals surface area (Å²) in [6, 6.07) is 5.11. The Kier molecular flexibility index (Phi) is 32.9. The topological polar surface area (TPSA) is 47.3 Å². The van der Waals surface area contributed by atoms with Crippen molar-refractivity contribution in [1.29, 1.82) is 0 Å². The van der Waals surface area contributed by atoms with E-state index in [1.807, 2.05) is 34.6 Å². The van der Waals surface area contributed by atoms with Crippen LogP contribution >= 0.6 is 0 Å². The number of aromatic nitrogens is 1. The van der Waals surface area contributed by atoms with Gasteiger partial charge in [0.25, 0.3) is 0 Å². The van der Waals surface area contributed by atoms with E-state index in [0.29, 0.717) is 12.2 Å². The summed E-state index contributed by atoms with van der Waals surface area (Å²) in [5.41, 5.74) is 0.446. The molecule has 1 amide bonds. The number of piperidine rings is 1. The first-order valence-electron chi connectivity index (χ1n) is 9.40. The summed E-state index contributed by atoms with van der Waals surface area (Å²) >= 11 is 0. The van der Waals surface area contributed by atoms with Gasteiger partial charge in [-0.3, -0.25) is 4.79 Å². The second-order valence-electron chi connectivity index (χ2n) is 4.99. The van der Waals surface area contributed by atoms with Crippen molar-refractivity contribution in [2.75, 3.05) is 26.7 Å². The van der Waals surface area contributed by atoms with Gasteiger partial charge >= 0.3 is 51.4 Å². The normalized spacial score (nSPS) is 12.1. The molecule has 4 nitrogen and oxygen atoms in total. The Labute approximate surface area is 207 Å². The number of carbonyl (C=O) groups is 1. The molecule has 6 heteroatoms. The Balaban J connectivity index is -0.000000152. The van der Waals surface area contributed by atoms with Crippen LogP contribution in [-0.4, -0.2) is 50.9 Å². The van der Waals surface area contributed by atoms with Crippen LogP contribution in [0.15, 0.2) is 18.2 Å². The molecule has 26 heavy (non-hydrogen) atoms. The van der Waals surface area contributed by atoms with Gasteiger partial charge in [0.2, 0.25) is 5.91 Å². The Bertz CT molecular complexity index is 388. The van der Waals surface area contributed by atoms with E-state index in [-0.39, 0.29) is 65.7 Å². The Morgan fingerprint density at radius 2 is 1.77 bits per heavy atom. The van der Waals surface area contributed by atoms with Crippen LogP contribution in [0.4, 0.5) is 0 Å². The number of nitrogens with zero attached hydrogens (tertiary/aromatic N) is 3. The third kappa shape index (κ3) is 16.5. The van der Waals surface area contributed by atoms with Crippen molar-refractivity contribution in [3.05, 3.63) is 35.4 Å². The molecule has 1 fully saturated rings. The number of rotatable bonds is 3. The standard InChI is InChI=1S/C9H11N2O.C7H14N.2C2H6.B.K/c1-3-11(2)9(12)8-6-4-5-7-10-8;1-2-7-3-5-8-6-4-7;2*1-2;;/h4-6H,3H2,1-2H3;7H,2-6H2,1H3;2*1-2H3;;/q2*-1;;;-1;+1. The molecule has 1 aromatic rings. The summed E-state index contributed by atoms with van der Waals surface area (Å²) in [5.74, 6) is 0.932. The second-order valence-corrected chi connectivity index (χ2v) is 4.99. The monoisotopic (exact) mass is 385 g/mol. The summed E-state index contributed by atoms with van der Waals surface area (Å²) in [5, 5.41) is 4.28. The molecule has 1 saturated heterocycles. The molecule has 2 rings (SSSR count). The molecule has 0 bridgehead atoms. The van der Waals surface area contributed by atoms with Crippen LogP contribution in [-0.2, 0) is 0 Å². The van der Waals surface area contributed by atoms with Gasteiger partial charge < -0.3 is 23.6 Å². The molecule has 0 unspecified atom stereocenters. The van der Waals surface area contributed by atoms with Crippen molar-refractivity contribution in [3.63, 3.8) is 0 Å². The Morgan fingerprint density at radius 3 is 2.12 bits per heavy atom. The van der Waals surface area contributed by atoms with Gasteiger partial charge in [0.1, 0.15) is 0 Å². The van der Waals surface area contributed by atoms with Gasteiger partial charge in [-0.05, 0) is 12.8 Å². The number of hydrogen-bond acceptors (Lipinski definition) is 2. The first-order chi connectivity index (χ1) is 11.7. The number of carbonyl (C=O) groups excluding carboxylic acids is 1. The predicted octanol–water partition coefficient (Wildman–Crippen LogP) is 1.83. The van der Waals surface area contributed by atoms with Crippen molar-refractivity contribution < 1.29 is 56.2 Å². The van der Waals surface area contributed by atoms with Gasteiger partial charge in [0, 0.05) is 19.3 Å². The zero-order valence-electron chi connectivity index (χ0n) is 18.4. The quantitative estimate of drug-likeness (QED) is 0.589. The Morgan fingerprint density at radius 1 is 1.23 bits per heavy atom. The van der Waals surface area contributed by atoms with Gasteiger partial charge in [-0.15, -0.1) is 19.2 Å². The smallest absolute Gasteiger partial charge is 1.00 e. The minimum Gasteiger partial charge on any atom is -1.00 e. The van der Waals surface area contributed by atoms with Crippen molar-refractivity contribution in [2.24, 2.45) is 5.92 Å². The maximum absolute atomic E-state index is 11.4. The van der Waals surface area contributed by atoms with E-state index in [9.17, 15) is 4.79 Å². The largest absolute Gasteiger partial charge is 1.00 e. The van der Waals surface area contributed by atoms with E-state index in [1.54, 1.807) is 30.1 Å². The molecule has 1 aromatic heterocycles. The van der Waals surface area contributed by atoms with E-state index in [2.05, 4.69) is 23.4 Å². The molecule has 2 heterocycles. The van der Waals surface area contributed by atoms with E-state index >= 15 is 0 Å². The molecule has 0 aromatic carbocycles. The van der Waals surface area contributed by atoms with Gasteiger partial charge in [0.15, 0.2) is 0 Å². The fourth-order valence-corrected chi connectivity index (χ4v) is 2.00. The number of hydrogen-bond donors (Lipinski definition) is 0. The third-order valence-electron chi connectivity index (χ3n) is 3.62.